The Labute approximate surface area is 120 Å². The van der Waals surface area contributed by atoms with Crippen molar-refractivity contribution in [1.82, 2.24) is 4.72 Å². The number of rotatable bonds is 4. The van der Waals surface area contributed by atoms with Crippen molar-refractivity contribution in [2.45, 2.75) is 39.2 Å². The third-order valence-corrected chi connectivity index (χ3v) is 5.29. The number of fused-ring (bicyclic) bond motifs is 1. The molecule has 20 heavy (non-hydrogen) atoms. The van der Waals surface area contributed by atoms with E-state index < -0.39 is 15.4 Å². The summed E-state index contributed by atoms with van der Waals surface area (Å²) in [4.78, 5) is 0. The number of benzene rings is 1. The van der Waals surface area contributed by atoms with Crippen molar-refractivity contribution in [3.8, 4) is 6.07 Å². The monoisotopic (exact) mass is 292 g/mol. The van der Waals surface area contributed by atoms with Crippen LogP contribution in [0.25, 0.3) is 0 Å². The topological polar surface area (TPSA) is 70.0 Å². The number of hydrogen-bond donors (Lipinski definition) is 1. The molecule has 2 rings (SSSR count). The molecule has 1 aliphatic carbocycles. The van der Waals surface area contributed by atoms with Crippen molar-refractivity contribution in [2.75, 3.05) is 5.75 Å². The third kappa shape index (κ3) is 3.59. The second kappa shape index (κ2) is 5.55. The van der Waals surface area contributed by atoms with Crippen molar-refractivity contribution in [3.63, 3.8) is 0 Å². The minimum Gasteiger partial charge on any atom is -0.212 e. The molecule has 0 saturated heterocycles. The minimum absolute atomic E-state index is 0.167. The van der Waals surface area contributed by atoms with Crippen LogP contribution < -0.4 is 4.72 Å². The van der Waals surface area contributed by atoms with Crippen LogP contribution in [-0.4, -0.2) is 14.2 Å². The Balaban J connectivity index is 2.18. The molecule has 0 aliphatic heterocycles. The molecule has 0 saturated carbocycles. The number of nitrogens with zero attached hydrogens (tertiary/aromatic N) is 1. The Morgan fingerprint density at radius 3 is 2.80 bits per heavy atom. The standard InChI is InChI=1S/C15H20N2O2S/c1-15(2,10-16)11-20(18,19)17-14-9-5-7-12-6-3-4-8-13(12)14/h3-4,6,8,14,17H,5,7,9,11H2,1-2H3. The highest BCUT2D eigenvalue weighted by Crippen LogP contribution is 2.30. The first-order valence-electron chi connectivity index (χ1n) is 6.82. The highest BCUT2D eigenvalue weighted by Gasteiger charge is 2.30. The molecule has 0 amide bonds. The molecular formula is C15H20N2O2S. The second-order valence-corrected chi connectivity index (χ2v) is 7.77. The van der Waals surface area contributed by atoms with E-state index in [9.17, 15) is 8.42 Å². The number of hydrogen-bond acceptors (Lipinski definition) is 3. The Hall–Kier alpha value is -1.38. The van der Waals surface area contributed by atoms with Gasteiger partial charge in [-0.05, 0) is 44.2 Å². The molecule has 0 bridgehead atoms. The number of sulfonamides is 1. The highest BCUT2D eigenvalue weighted by molar-refractivity contribution is 7.89. The van der Waals surface area contributed by atoms with Crippen LogP contribution in [0.3, 0.4) is 0 Å². The summed E-state index contributed by atoms with van der Waals surface area (Å²) in [7, 11) is -3.47. The van der Waals surface area contributed by atoms with E-state index in [4.69, 9.17) is 5.26 Å². The summed E-state index contributed by atoms with van der Waals surface area (Å²) in [6.45, 7) is 3.28. The van der Waals surface area contributed by atoms with Crippen LogP contribution in [0, 0.1) is 16.7 Å². The molecule has 1 N–H and O–H groups in total. The molecule has 0 spiro atoms. The molecule has 1 unspecified atom stereocenters. The second-order valence-electron chi connectivity index (χ2n) is 6.02. The van der Waals surface area contributed by atoms with Crippen LogP contribution in [0.5, 0.6) is 0 Å². The lowest BCUT2D eigenvalue weighted by molar-refractivity contribution is 0.487. The lowest BCUT2D eigenvalue weighted by atomic mass is 9.88. The summed E-state index contributed by atoms with van der Waals surface area (Å²) in [6, 6.07) is 9.82. The summed E-state index contributed by atoms with van der Waals surface area (Å²) in [5.74, 6) is -0.171. The van der Waals surface area contributed by atoms with Gasteiger partial charge in [0.05, 0.1) is 17.2 Å². The average molecular weight is 292 g/mol. The van der Waals surface area contributed by atoms with Crippen molar-refractivity contribution in [1.29, 1.82) is 5.26 Å². The van der Waals surface area contributed by atoms with Crippen LogP contribution in [0.15, 0.2) is 24.3 Å². The molecule has 0 heterocycles. The summed E-state index contributed by atoms with van der Waals surface area (Å²) in [5, 5.41) is 8.98. The van der Waals surface area contributed by atoms with Gasteiger partial charge >= 0.3 is 0 Å². The minimum atomic E-state index is -3.47. The predicted molar refractivity (Wildman–Crippen MR) is 78.4 cm³/mol. The fraction of sp³-hybridized carbons (Fsp3) is 0.533. The Kier molecular flexibility index (Phi) is 4.17. The maximum Gasteiger partial charge on any atom is 0.213 e. The molecule has 1 aliphatic rings. The van der Waals surface area contributed by atoms with E-state index in [0.717, 1.165) is 24.8 Å². The molecule has 0 fully saturated rings. The fourth-order valence-corrected chi connectivity index (χ4v) is 4.42. The van der Waals surface area contributed by atoms with E-state index in [1.165, 1.54) is 5.56 Å². The van der Waals surface area contributed by atoms with Crippen molar-refractivity contribution in [2.24, 2.45) is 5.41 Å². The van der Waals surface area contributed by atoms with Crippen LogP contribution in [-0.2, 0) is 16.4 Å². The first-order valence-corrected chi connectivity index (χ1v) is 8.47. The molecule has 0 radical (unpaired) electrons. The summed E-state index contributed by atoms with van der Waals surface area (Å²) in [5.41, 5.74) is 1.41. The number of nitriles is 1. The van der Waals surface area contributed by atoms with Gasteiger partial charge in [-0.1, -0.05) is 24.3 Å². The van der Waals surface area contributed by atoms with Crippen LogP contribution in [0.1, 0.15) is 43.9 Å². The molecule has 0 aromatic heterocycles. The van der Waals surface area contributed by atoms with E-state index in [1.54, 1.807) is 13.8 Å². The maximum absolute atomic E-state index is 12.2. The molecule has 4 nitrogen and oxygen atoms in total. The van der Waals surface area contributed by atoms with E-state index in [1.807, 2.05) is 24.3 Å². The van der Waals surface area contributed by atoms with Crippen molar-refractivity contribution < 1.29 is 8.42 Å². The van der Waals surface area contributed by atoms with Gasteiger partial charge in [0.15, 0.2) is 0 Å². The zero-order valence-corrected chi connectivity index (χ0v) is 12.7. The van der Waals surface area contributed by atoms with Gasteiger partial charge in [0.2, 0.25) is 10.0 Å². The normalized spacial score (nSPS) is 19.1. The third-order valence-electron chi connectivity index (χ3n) is 3.54. The van der Waals surface area contributed by atoms with Gasteiger partial charge < -0.3 is 0 Å². The van der Waals surface area contributed by atoms with Crippen molar-refractivity contribution in [3.05, 3.63) is 35.4 Å². The van der Waals surface area contributed by atoms with Gasteiger partial charge in [-0.2, -0.15) is 5.26 Å². The van der Waals surface area contributed by atoms with Crippen LogP contribution >= 0.6 is 0 Å². The number of nitrogens with one attached hydrogen (secondary N) is 1. The molecule has 5 heteroatoms. The molecule has 1 aromatic carbocycles. The highest BCUT2D eigenvalue weighted by atomic mass is 32.2. The first kappa shape index (κ1) is 15.0. The maximum atomic E-state index is 12.2. The SMILES string of the molecule is CC(C)(C#N)CS(=O)(=O)NC1CCCc2ccccc21. The molecule has 1 aromatic rings. The van der Waals surface area contributed by atoms with Gasteiger partial charge in [0.25, 0.3) is 0 Å². The summed E-state index contributed by atoms with van der Waals surface area (Å²) < 4.78 is 27.2. The smallest absolute Gasteiger partial charge is 0.212 e. The van der Waals surface area contributed by atoms with Gasteiger partial charge in [-0.15, -0.1) is 0 Å². The van der Waals surface area contributed by atoms with Gasteiger partial charge in [0.1, 0.15) is 0 Å². The largest absolute Gasteiger partial charge is 0.213 e. The lowest BCUT2D eigenvalue weighted by Crippen LogP contribution is -2.36. The quantitative estimate of drug-likeness (QED) is 0.927. The van der Waals surface area contributed by atoms with Gasteiger partial charge in [-0.3, -0.25) is 0 Å². The summed E-state index contributed by atoms with van der Waals surface area (Å²) in [6.07, 6.45) is 2.78. The van der Waals surface area contributed by atoms with E-state index in [0.29, 0.717) is 0 Å². The molecular weight excluding hydrogens is 272 g/mol. The zero-order valence-electron chi connectivity index (χ0n) is 11.9. The number of aryl methyl sites for hydroxylation is 1. The fourth-order valence-electron chi connectivity index (χ4n) is 2.64. The van der Waals surface area contributed by atoms with Crippen molar-refractivity contribution >= 4 is 10.0 Å². The molecule has 1 atom stereocenters. The van der Waals surface area contributed by atoms with Crippen LogP contribution in [0.2, 0.25) is 0 Å². The zero-order chi connectivity index (χ0) is 14.8. The van der Waals surface area contributed by atoms with Gasteiger partial charge in [0, 0.05) is 6.04 Å². The first-order chi connectivity index (χ1) is 9.33. The Morgan fingerprint density at radius 2 is 2.10 bits per heavy atom. The molecule has 108 valence electrons. The predicted octanol–water partition coefficient (Wildman–Crippen LogP) is 2.53. The average Bonchev–Trinajstić information content (AvgIpc) is 2.37. The Morgan fingerprint density at radius 1 is 1.40 bits per heavy atom. The van der Waals surface area contributed by atoms with Crippen LogP contribution in [0.4, 0.5) is 0 Å². The van der Waals surface area contributed by atoms with E-state index in [2.05, 4.69) is 10.8 Å². The Bertz CT molecular complexity index is 630. The summed E-state index contributed by atoms with van der Waals surface area (Å²) >= 11 is 0. The van der Waals surface area contributed by atoms with E-state index >= 15 is 0 Å². The van der Waals surface area contributed by atoms with Gasteiger partial charge in [-0.25, -0.2) is 13.1 Å². The van der Waals surface area contributed by atoms with E-state index in [-0.39, 0.29) is 11.8 Å². The lowest BCUT2D eigenvalue weighted by Gasteiger charge is -2.27.